The van der Waals surface area contributed by atoms with Crippen LogP contribution in [0.5, 0.6) is 0 Å². The first kappa shape index (κ1) is 15.0. The van der Waals surface area contributed by atoms with Crippen LogP contribution in [0.25, 0.3) is 0 Å². The summed E-state index contributed by atoms with van der Waals surface area (Å²) in [6.07, 6.45) is 1.76. The number of nitrogens with zero attached hydrogens (tertiary/aromatic N) is 1. The van der Waals surface area contributed by atoms with Crippen LogP contribution in [0.1, 0.15) is 33.6 Å². The second-order valence-corrected chi connectivity index (χ2v) is 6.45. The number of carboxylic acids is 1. The number of likely N-dealkylation sites (tertiary alicyclic amines) is 1. The van der Waals surface area contributed by atoms with Crippen molar-refractivity contribution in [2.75, 3.05) is 26.2 Å². The third-order valence-electron chi connectivity index (χ3n) is 4.81. The SMILES string of the molecule is CC(C(=O)N1CCCC(C(C)(C)C(=O)O)C1)=C1CNC1. The van der Waals surface area contributed by atoms with E-state index in [-0.39, 0.29) is 11.8 Å². The monoisotopic (exact) mass is 280 g/mol. The molecule has 0 aliphatic carbocycles. The van der Waals surface area contributed by atoms with E-state index in [1.807, 2.05) is 11.8 Å². The van der Waals surface area contributed by atoms with Crippen LogP contribution >= 0.6 is 0 Å². The van der Waals surface area contributed by atoms with Gasteiger partial charge >= 0.3 is 5.97 Å². The van der Waals surface area contributed by atoms with Crippen molar-refractivity contribution in [3.8, 4) is 0 Å². The Hall–Kier alpha value is -1.36. The fourth-order valence-corrected chi connectivity index (χ4v) is 2.83. The average molecular weight is 280 g/mol. The van der Waals surface area contributed by atoms with Gasteiger partial charge in [0, 0.05) is 31.8 Å². The summed E-state index contributed by atoms with van der Waals surface area (Å²) in [7, 11) is 0. The lowest BCUT2D eigenvalue weighted by Crippen LogP contribution is -2.48. The molecular formula is C15H24N2O3. The molecule has 20 heavy (non-hydrogen) atoms. The maximum absolute atomic E-state index is 12.5. The Morgan fingerprint density at radius 3 is 2.50 bits per heavy atom. The largest absolute Gasteiger partial charge is 0.481 e. The van der Waals surface area contributed by atoms with Crippen molar-refractivity contribution in [1.29, 1.82) is 0 Å². The minimum atomic E-state index is -0.782. The van der Waals surface area contributed by atoms with Gasteiger partial charge in [0.25, 0.3) is 0 Å². The van der Waals surface area contributed by atoms with Crippen molar-refractivity contribution < 1.29 is 14.7 Å². The quantitative estimate of drug-likeness (QED) is 0.764. The first-order chi connectivity index (χ1) is 9.34. The molecule has 1 atom stereocenters. The van der Waals surface area contributed by atoms with Crippen LogP contribution in [-0.4, -0.2) is 48.1 Å². The van der Waals surface area contributed by atoms with Crippen LogP contribution in [0.2, 0.25) is 0 Å². The smallest absolute Gasteiger partial charge is 0.309 e. The summed E-state index contributed by atoms with van der Waals surface area (Å²) < 4.78 is 0. The number of piperidine rings is 1. The minimum absolute atomic E-state index is 0.0232. The van der Waals surface area contributed by atoms with Gasteiger partial charge in [-0.2, -0.15) is 0 Å². The predicted molar refractivity (Wildman–Crippen MR) is 76.3 cm³/mol. The first-order valence-corrected chi connectivity index (χ1v) is 7.26. The molecule has 112 valence electrons. The van der Waals surface area contributed by atoms with E-state index >= 15 is 0 Å². The van der Waals surface area contributed by atoms with Gasteiger partial charge in [-0.15, -0.1) is 0 Å². The molecule has 0 spiro atoms. The van der Waals surface area contributed by atoms with Crippen LogP contribution in [0.4, 0.5) is 0 Å². The summed E-state index contributed by atoms with van der Waals surface area (Å²) in [4.78, 5) is 25.7. The molecule has 0 aromatic carbocycles. The summed E-state index contributed by atoms with van der Waals surface area (Å²) in [5.41, 5.74) is 1.23. The van der Waals surface area contributed by atoms with Gasteiger partial charge in [-0.3, -0.25) is 9.59 Å². The lowest BCUT2D eigenvalue weighted by molar-refractivity contribution is -0.152. The molecule has 5 nitrogen and oxygen atoms in total. The number of carbonyl (C=O) groups is 2. The molecule has 2 aliphatic rings. The van der Waals surface area contributed by atoms with Crippen molar-refractivity contribution in [3.05, 3.63) is 11.1 Å². The molecular weight excluding hydrogens is 256 g/mol. The van der Waals surface area contributed by atoms with E-state index in [2.05, 4.69) is 5.32 Å². The molecule has 0 bridgehead atoms. The lowest BCUT2D eigenvalue weighted by Gasteiger charge is -2.39. The highest BCUT2D eigenvalue weighted by molar-refractivity contribution is 5.94. The minimum Gasteiger partial charge on any atom is -0.481 e. The van der Waals surface area contributed by atoms with E-state index in [4.69, 9.17) is 0 Å². The van der Waals surface area contributed by atoms with Crippen LogP contribution in [0.3, 0.4) is 0 Å². The van der Waals surface area contributed by atoms with E-state index in [1.54, 1.807) is 13.8 Å². The first-order valence-electron chi connectivity index (χ1n) is 7.26. The van der Waals surface area contributed by atoms with Gasteiger partial charge in [-0.1, -0.05) is 0 Å². The molecule has 2 aliphatic heterocycles. The molecule has 2 rings (SSSR count). The number of hydrogen-bond donors (Lipinski definition) is 2. The van der Waals surface area contributed by atoms with E-state index < -0.39 is 11.4 Å². The summed E-state index contributed by atoms with van der Waals surface area (Å²) in [6, 6.07) is 0. The normalized spacial score (nSPS) is 23.2. The molecule has 2 N–H and O–H groups in total. The topological polar surface area (TPSA) is 69.6 Å². The zero-order valence-electron chi connectivity index (χ0n) is 12.5. The maximum Gasteiger partial charge on any atom is 0.309 e. The fraction of sp³-hybridized carbons (Fsp3) is 0.733. The number of nitrogens with one attached hydrogen (secondary N) is 1. The molecule has 2 fully saturated rings. The van der Waals surface area contributed by atoms with Crippen molar-refractivity contribution in [3.63, 3.8) is 0 Å². The average Bonchev–Trinajstić information content (AvgIpc) is 2.35. The highest BCUT2D eigenvalue weighted by Crippen LogP contribution is 2.34. The standard InChI is InChI=1S/C15H24N2O3/c1-10(11-7-16-8-11)13(18)17-6-4-5-12(9-17)15(2,3)14(19)20/h12,16H,4-9H2,1-3H3,(H,19,20). The Bertz CT molecular complexity index is 448. The number of hydrogen-bond acceptors (Lipinski definition) is 3. The number of carboxylic acid groups (broad SMARTS) is 1. The third kappa shape index (κ3) is 2.73. The number of amides is 1. The Balaban J connectivity index is 2.07. The molecule has 0 aromatic rings. The van der Waals surface area contributed by atoms with Crippen LogP contribution in [-0.2, 0) is 9.59 Å². The maximum atomic E-state index is 12.5. The summed E-state index contributed by atoms with van der Waals surface area (Å²) in [5.74, 6) is -0.683. The van der Waals surface area contributed by atoms with Crippen LogP contribution in [0.15, 0.2) is 11.1 Å². The molecule has 0 aromatic heterocycles. The fourth-order valence-electron chi connectivity index (χ4n) is 2.83. The number of rotatable bonds is 3. The van der Waals surface area contributed by atoms with Gasteiger partial charge in [0.2, 0.25) is 5.91 Å². The molecule has 1 unspecified atom stereocenters. The molecule has 0 saturated carbocycles. The summed E-state index contributed by atoms with van der Waals surface area (Å²) >= 11 is 0. The van der Waals surface area contributed by atoms with Gasteiger partial charge in [0.1, 0.15) is 0 Å². The Labute approximate surface area is 120 Å². The zero-order chi connectivity index (χ0) is 14.9. The highest BCUT2D eigenvalue weighted by atomic mass is 16.4. The Morgan fingerprint density at radius 1 is 1.35 bits per heavy atom. The number of aliphatic carboxylic acids is 1. The number of carbonyl (C=O) groups excluding carboxylic acids is 1. The second-order valence-electron chi connectivity index (χ2n) is 6.45. The van der Waals surface area contributed by atoms with Crippen molar-refractivity contribution >= 4 is 11.9 Å². The van der Waals surface area contributed by atoms with Gasteiger partial charge in [-0.05, 0) is 45.1 Å². The van der Waals surface area contributed by atoms with Gasteiger partial charge in [0.05, 0.1) is 5.41 Å². The molecule has 1 amide bonds. The highest BCUT2D eigenvalue weighted by Gasteiger charge is 2.40. The van der Waals surface area contributed by atoms with Gasteiger partial charge in [-0.25, -0.2) is 0 Å². The Morgan fingerprint density at radius 2 is 2.00 bits per heavy atom. The van der Waals surface area contributed by atoms with Crippen molar-refractivity contribution in [2.24, 2.45) is 11.3 Å². The summed E-state index contributed by atoms with van der Waals surface area (Å²) in [6.45, 7) is 8.29. The van der Waals surface area contributed by atoms with E-state index in [0.29, 0.717) is 6.54 Å². The summed E-state index contributed by atoms with van der Waals surface area (Å²) in [5, 5.41) is 12.5. The van der Waals surface area contributed by atoms with Gasteiger partial charge in [0.15, 0.2) is 0 Å². The molecule has 0 radical (unpaired) electrons. The lowest BCUT2D eigenvalue weighted by atomic mass is 9.74. The van der Waals surface area contributed by atoms with E-state index in [0.717, 1.165) is 38.0 Å². The predicted octanol–water partition coefficient (Wildman–Crippen LogP) is 1.26. The van der Waals surface area contributed by atoms with Crippen molar-refractivity contribution in [1.82, 2.24) is 10.2 Å². The van der Waals surface area contributed by atoms with E-state index in [1.165, 1.54) is 5.57 Å². The van der Waals surface area contributed by atoms with E-state index in [9.17, 15) is 14.7 Å². The van der Waals surface area contributed by atoms with Crippen LogP contribution in [0, 0.1) is 11.3 Å². The molecule has 2 saturated heterocycles. The Kier molecular flexibility index (Phi) is 4.18. The second kappa shape index (κ2) is 5.56. The zero-order valence-corrected chi connectivity index (χ0v) is 12.5. The van der Waals surface area contributed by atoms with Crippen LogP contribution < -0.4 is 5.32 Å². The third-order valence-corrected chi connectivity index (χ3v) is 4.81. The molecule has 2 heterocycles. The molecule has 5 heteroatoms. The van der Waals surface area contributed by atoms with Crippen molar-refractivity contribution in [2.45, 2.75) is 33.6 Å². The van der Waals surface area contributed by atoms with Gasteiger partial charge < -0.3 is 15.3 Å².